The first-order chi connectivity index (χ1) is 14.8. The van der Waals surface area contributed by atoms with Crippen molar-refractivity contribution in [2.45, 2.75) is 37.5 Å². The zero-order valence-electron chi connectivity index (χ0n) is 17.0. The van der Waals surface area contributed by atoms with Crippen LogP contribution in [-0.2, 0) is 9.84 Å². The number of amidine groups is 1. The van der Waals surface area contributed by atoms with Crippen LogP contribution in [0.5, 0.6) is 0 Å². The van der Waals surface area contributed by atoms with Gasteiger partial charge < -0.3 is 11.1 Å². The molecule has 0 radical (unpaired) electrons. The largest absolute Gasteiger partial charge is 0.386 e. The van der Waals surface area contributed by atoms with Crippen LogP contribution in [0.1, 0.15) is 37.8 Å². The molecular formula is C21H23FN6O2S. The first-order valence-electron chi connectivity index (χ1n) is 10.0. The molecule has 4 heterocycles. The average molecular weight is 443 g/mol. The molecule has 2 atom stereocenters. The molecule has 0 bridgehead atoms. The zero-order chi connectivity index (χ0) is 22.0. The normalized spacial score (nSPS) is 21.5. The molecule has 3 aromatic rings. The highest BCUT2D eigenvalue weighted by molar-refractivity contribution is 7.92. The van der Waals surface area contributed by atoms with Gasteiger partial charge in [0.15, 0.2) is 9.84 Å². The lowest BCUT2D eigenvalue weighted by Crippen LogP contribution is -2.40. The molecule has 0 spiro atoms. The number of hydrogen-bond acceptors (Lipinski definition) is 8. The number of fused-ring (bicyclic) bond motifs is 1. The predicted molar refractivity (Wildman–Crippen MR) is 118 cm³/mol. The van der Waals surface area contributed by atoms with Crippen LogP contribution in [0.2, 0.25) is 0 Å². The van der Waals surface area contributed by atoms with Crippen molar-refractivity contribution in [2.24, 2.45) is 10.7 Å². The Labute approximate surface area is 179 Å². The third-order valence-electron chi connectivity index (χ3n) is 5.01. The fraction of sp³-hybridized carbons (Fsp3) is 0.333. The molecule has 1 aliphatic heterocycles. The van der Waals surface area contributed by atoms with E-state index in [1.807, 2.05) is 6.07 Å². The van der Waals surface area contributed by atoms with Gasteiger partial charge in [0.05, 0.1) is 29.2 Å². The minimum atomic E-state index is -3.51. The Morgan fingerprint density at radius 1 is 1.13 bits per heavy atom. The van der Waals surface area contributed by atoms with Gasteiger partial charge in [0.2, 0.25) is 0 Å². The van der Waals surface area contributed by atoms with Gasteiger partial charge in [-0.05, 0) is 31.2 Å². The van der Waals surface area contributed by atoms with Gasteiger partial charge in [-0.1, -0.05) is 19.3 Å². The summed E-state index contributed by atoms with van der Waals surface area (Å²) in [7, 11) is -3.51. The average Bonchev–Trinajstić information content (AvgIpc) is 3.63. The molecule has 10 heteroatoms. The van der Waals surface area contributed by atoms with E-state index < -0.39 is 26.9 Å². The van der Waals surface area contributed by atoms with Gasteiger partial charge in [-0.3, -0.25) is 15.0 Å². The molecule has 1 fully saturated rings. The maximum Gasteiger partial charge on any atom is 0.162 e. The summed E-state index contributed by atoms with van der Waals surface area (Å²) in [5.41, 5.74) is 7.84. The lowest BCUT2D eigenvalue weighted by molar-refractivity contribution is 0.565. The van der Waals surface area contributed by atoms with Gasteiger partial charge in [0.25, 0.3) is 0 Å². The summed E-state index contributed by atoms with van der Waals surface area (Å²) in [5.74, 6) is -0.644. The summed E-state index contributed by atoms with van der Waals surface area (Å²) in [5, 5.41) is 2.21. The number of rotatable bonds is 3. The van der Waals surface area contributed by atoms with Crippen LogP contribution in [0, 0.1) is 5.82 Å². The van der Waals surface area contributed by atoms with E-state index in [9.17, 15) is 12.8 Å². The van der Waals surface area contributed by atoms with Crippen LogP contribution in [0.4, 0.5) is 15.9 Å². The standard InChI is InChI=1S/C18H17FN6O2S.C3H6/c1-10-18(20)25-15(9-28(10,26)27)11-7-16(23-8-12(11)19)24-14-4-6-21-13-3-2-5-22-17(13)14;1-2-3-1/h2-8,10,15H,9H2,1H3,(H2,20,25)(H,21,23,24);1-3H2. The van der Waals surface area contributed by atoms with Gasteiger partial charge in [0.1, 0.15) is 28.2 Å². The number of nitrogens with zero attached hydrogens (tertiary/aromatic N) is 4. The molecule has 1 aliphatic carbocycles. The van der Waals surface area contributed by atoms with E-state index in [-0.39, 0.29) is 17.2 Å². The summed E-state index contributed by atoms with van der Waals surface area (Å²) in [6.45, 7) is 1.47. The van der Waals surface area contributed by atoms with Crippen LogP contribution in [0.25, 0.3) is 11.0 Å². The van der Waals surface area contributed by atoms with E-state index in [0.717, 1.165) is 6.20 Å². The number of pyridine rings is 3. The molecule has 3 N–H and O–H groups in total. The fourth-order valence-corrected chi connectivity index (χ4v) is 4.44. The summed E-state index contributed by atoms with van der Waals surface area (Å²) in [6, 6.07) is 5.85. The molecule has 0 saturated heterocycles. The third kappa shape index (κ3) is 4.79. The van der Waals surface area contributed by atoms with Crippen LogP contribution in [0.3, 0.4) is 0 Å². The number of aliphatic imine (C=N–C) groups is 1. The summed E-state index contributed by atoms with van der Waals surface area (Å²) >= 11 is 0. The van der Waals surface area contributed by atoms with E-state index in [4.69, 9.17) is 5.73 Å². The van der Waals surface area contributed by atoms with Gasteiger partial charge in [0, 0.05) is 18.0 Å². The number of sulfone groups is 1. The fourth-order valence-electron chi connectivity index (χ4n) is 3.03. The minimum Gasteiger partial charge on any atom is -0.386 e. The first-order valence-corrected chi connectivity index (χ1v) is 11.7. The Morgan fingerprint density at radius 3 is 2.61 bits per heavy atom. The van der Waals surface area contributed by atoms with E-state index >= 15 is 0 Å². The Bertz CT molecular complexity index is 1240. The SMILES string of the molecule is C1CC1.CC1C(N)=NC(c2cc(Nc3ccnc4cccnc34)ncc2F)CS1(=O)=O. The Balaban J connectivity index is 0.000000710. The van der Waals surface area contributed by atoms with Crippen molar-refractivity contribution < 1.29 is 12.8 Å². The van der Waals surface area contributed by atoms with Crippen molar-refractivity contribution in [3.63, 3.8) is 0 Å². The molecule has 2 unspecified atom stereocenters. The maximum absolute atomic E-state index is 14.4. The highest BCUT2D eigenvalue weighted by Gasteiger charge is 2.35. The molecule has 0 amide bonds. The molecule has 0 aromatic carbocycles. The zero-order valence-corrected chi connectivity index (χ0v) is 17.8. The van der Waals surface area contributed by atoms with Crippen molar-refractivity contribution >= 4 is 38.2 Å². The second-order valence-electron chi connectivity index (χ2n) is 7.55. The van der Waals surface area contributed by atoms with Gasteiger partial charge in [-0.15, -0.1) is 0 Å². The molecule has 5 rings (SSSR count). The predicted octanol–water partition coefficient (Wildman–Crippen LogP) is 3.29. The van der Waals surface area contributed by atoms with Crippen LogP contribution >= 0.6 is 0 Å². The Hall–Kier alpha value is -3.14. The smallest absolute Gasteiger partial charge is 0.162 e. The van der Waals surface area contributed by atoms with Crippen LogP contribution in [0.15, 0.2) is 47.8 Å². The second-order valence-corrected chi connectivity index (χ2v) is 9.91. The van der Waals surface area contributed by atoms with Crippen molar-refractivity contribution in [3.8, 4) is 0 Å². The molecular weight excluding hydrogens is 419 g/mol. The lowest BCUT2D eigenvalue weighted by Gasteiger charge is -2.24. The van der Waals surface area contributed by atoms with Crippen LogP contribution < -0.4 is 11.1 Å². The number of halogens is 1. The summed E-state index contributed by atoms with van der Waals surface area (Å²) in [6.07, 6.45) is 8.80. The van der Waals surface area contributed by atoms with E-state index in [0.29, 0.717) is 22.5 Å². The van der Waals surface area contributed by atoms with Gasteiger partial charge >= 0.3 is 0 Å². The Morgan fingerprint density at radius 2 is 1.90 bits per heavy atom. The topological polar surface area (TPSA) is 123 Å². The van der Waals surface area contributed by atoms with Crippen molar-refractivity contribution in [1.82, 2.24) is 15.0 Å². The molecule has 162 valence electrons. The van der Waals surface area contributed by atoms with Crippen molar-refractivity contribution in [3.05, 3.63) is 54.2 Å². The first kappa shape index (κ1) is 21.1. The third-order valence-corrected chi connectivity index (χ3v) is 7.11. The van der Waals surface area contributed by atoms with Crippen molar-refractivity contribution in [2.75, 3.05) is 11.1 Å². The monoisotopic (exact) mass is 442 g/mol. The highest BCUT2D eigenvalue weighted by atomic mass is 32.2. The van der Waals surface area contributed by atoms with E-state index in [2.05, 4.69) is 25.3 Å². The van der Waals surface area contributed by atoms with Crippen molar-refractivity contribution in [1.29, 1.82) is 0 Å². The number of nitrogens with two attached hydrogens (primary N) is 1. The van der Waals surface area contributed by atoms with E-state index in [1.165, 1.54) is 32.3 Å². The molecule has 2 aliphatic rings. The van der Waals surface area contributed by atoms with E-state index in [1.54, 1.807) is 24.5 Å². The molecule has 8 nitrogen and oxygen atoms in total. The summed E-state index contributed by atoms with van der Waals surface area (Å²) in [4.78, 5) is 16.8. The minimum absolute atomic E-state index is 0.0219. The molecule has 3 aromatic heterocycles. The summed E-state index contributed by atoms with van der Waals surface area (Å²) < 4.78 is 39.0. The second kappa shape index (κ2) is 8.54. The van der Waals surface area contributed by atoms with Gasteiger partial charge in [-0.25, -0.2) is 17.8 Å². The number of aromatic nitrogens is 3. The highest BCUT2D eigenvalue weighted by Crippen LogP contribution is 2.30. The van der Waals surface area contributed by atoms with Gasteiger partial charge in [-0.2, -0.15) is 0 Å². The Kier molecular flexibility index (Phi) is 5.81. The number of hydrogen-bond donors (Lipinski definition) is 2. The molecule has 31 heavy (non-hydrogen) atoms. The number of anilines is 2. The number of nitrogens with one attached hydrogen (secondary N) is 1. The van der Waals surface area contributed by atoms with Crippen LogP contribution in [-0.4, -0.2) is 40.2 Å². The quantitative estimate of drug-likeness (QED) is 0.638. The lowest BCUT2D eigenvalue weighted by atomic mass is 10.1. The maximum atomic E-state index is 14.4. The molecule has 1 saturated carbocycles.